The number of aliphatic carboxylic acids is 1. The van der Waals surface area contributed by atoms with Gasteiger partial charge in [-0.2, -0.15) is 0 Å². The quantitative estimate of drug-likeness (QED) is 0.212. The van der Waals surface area contributed by atoms with Gasteiger partial charge in [0, 0.05) is 37.7 Å². The number of carboxylic acid groups (broad SMARTS) is 1. The van der Waals surface area contributed by atoms with E-state index in [0.717, 1.165) is 6.42 Å². The van der Waals surface area contributed by atoms with Crippen LogP contribution in [0.2, 0.25) is 0 Å². The number of carbonyl (C=O) groups excluding carboxylic acids is 3. The molecule has 1 aliphatic heterocycles. The van der Waals surface area contributed by atoms with E-state index in [9.17, 15) is 34.5 Å². The second kappa shape index (κ2) is 15.3. The van der Waals surface area contributed by atoms with E-state index in [0.29, 0.717) is 24.1 Å². The summed E-state index contributed by atoms with van der Waals surface area (Å²) >= 11 is 0. The first-order chi connectivity index (χ1) is 20.0. The third-order valence-corrected chi connectivity index (χ3v) is 6.66. The topological polar surface area (TPSA) is 186 Å². The number of unbranched alkanes of at least 4 members (excludes halogenated alkanes) is 1. The maximum atomic E-state index is 12.8. The Morgan fingerprint density at radius 2 is 1.60 bits per heavy atom. The van der Waals surface area contributed by atoms with Gasteiger partial charge in [-0.1, -0.05) is 31.5 Å². The largest absolute Gasteiger partial charge is 0.479 e. The summed E-state index contributed by atoms with van der Waals surface area (Å²) in [5.74, 6) is -2.16. The molecule has 0 aliphatic carbocycles. The van der Waals surface area contributed by atoms with Crippen LogP contribution in [-0.4, -0.2) is 105 Å². The molecule has 0 aromatic heterocycles. The molecule has 13 nitrogen and oxygen atoms in total. The smallest absolute Gasteiger partial charge is 0.335 e. The van der Waals surface area contributed by atoms with Gasteiger partial charge in [0.1, 0.15) is 24.1 Å². The molecule has 0 saturated carbocycles. The molecule has 0 radical (unpaired) electrons. The van der Waals surface area contributed by atoms with Crippen molar-refractivity contribution in [3.05, 3.63) is 60.2 Å². The number of amides is 3. The molecule has 2 aromatic rings. The summed E-state index contributed by atoms with van der Waals surface area (Å²) in [5.41, 5.74) is 0.891. The number of carboxylic acids is 1. The molecule has 228 valence electrons. The maximum Gasteiger partial charge on any atom is 0.335 e. The first kappa shape index (κ1) is 32.5. The van der Waals surface area contributed by atoms with Crippen molar-refractivity contribution < 1.29 is 49.1 Å². The Bertz CT molecular complexity index is 1210. The highest BCUT2D eigenvalue weighted by Crippen LogP contribution is 2.25. The number of aliphatic hydroxyl groups excluding tert-OH is 3. The van der Waals surface area contributed by atoms with Gasteiger partial charge >= 0.3 is 5.97 Å². The van der Waals surface area contributed by atoms with Gasteiger partial charge in [-0.25, -0.2) is 4.79 Å². The first-order valence-electron chi connectivity index (χ1n) is 13.6. The summed E-state index contributed by atoms with van der Waals surface area (Å²) in [5, 5.41) is 41.7. The van der Waals surface area contributed by atoms with Gasteiger partial charge in [0.15, 0.2) is 6.10 Å². The average molecular weight is 588 g/mol. The molecule has 3 rings (SSSR count). The minimum absolute atomic E-state index is 0.0254. The SMILES string of the molecule is CCCCC(=O)N(CCC(=O)Nc1ccc(OC2OC(C(=O)O)C(O)C(O)C2O)cc1)CN(C)C(=O)c1ccccc1. The lowest BCUT2D eigenvalue weighted by Gasteiger charge is -2.38. The van der Waals surface area contributed by atoms with Crippen LogP contribution >= 0.6 is 0 Å². The Morgan fingerprint density at radius 1 is 0.929 bits per heavy atom. The van der Waals surface area contributed by atoms with Crippen LogP contribution in [0.4, 0.5) is 5.69 Å². The van der Waals surface area contributed by atoms with Crippen LogP contribution in [0, 0.1) is 0 Å². The number of aliphatic hydroxyl groups is 3. The van der Waals surface area contributed by atoms with E-state index in [-0.39, 0.29) is 43.1 Å². The van der Waals surface area contributed by atoms with Gasteiger partial charge in [-0.3, -0.25) is 14.4 Å². The number of anilines is 1. The highest BCUT2D eigenvalue weighted by Gasteiger charge is 2.48. The van der Waals surface area contributed by atoms with Crippen molar-refractivity contribution in [2.75, 3.05) is 25.6 Å². The van der Waals surface area contributed by atoms with Crippen molar-refractivity contribution in [3.8, 4) is 5.75 Å². The van der Waals surface area contributed by atoms with Crippen LogP contribution in [0.15, 0.2) is 54.6 Å². The number of rotatable bonds is 13. The van der Waals surface area contributed by atoms with Crippen LogP contribution in [0.1, 0.15) is 43.0 Å². The van der Waals surface area contributed by atoms with Gasteiger partial charge in [-0.15, -0.1) is 0 Å². The molecule has 1 heterocycles. The fourth-order valence-corrected chi connectivity index (χ4v) is 4.24. The van der Waals surface area contributed by atoms with Gasteiger partial charge in [0.25, 0.3) is 5.91 Å². The van der Waals surface area contributed by atoms with E-state index >= 15 is 0 Å². The van der Waals surface area contributed by atoms with E-state index < -0.39 is 36.7 Å². The molecule has 0 spiro atoms. The Morgan fingerprint density at radius 3 is 2.21 bits per heavy atom. The zero-order chi connectivity index (χ0) is 30.8. The highest BCUT2D eigenvalue weighted by molar-refractivity contribution is 5.94. The lowest BCUT2D eigenvalue weighted by molar-refractivity contribution is -0.271. The third-order valence-electron chi connectivity index (χ3n) is 6.66. The number of carbonyl (C=O) groups is 4. The number of ether oxygens (including phenoxy) is 2. The van der Waals surface area contributed by atoms with Crippen molar-refractivity contribution in [2.24, 2.45) is 0 Å². The second-order valence-electron chi connectivity index (χ2n) is 9.95. The predicted molar refractivity (Wildman–Crippen MR) is 149 cm³/mol. The Hall–Kier alpha value is -4.04. The minimum atomic E-state index is -1.84. The van der Waals surface area contributed by atoms with Crippen LogP contribution < -0.4 is 10.1 Å². The Balaban J connectivity index is 1.56. The van der Waals surface area contributed by atoms with E-state index in [2.05, 4.69) is 5.32 Å². The molecular weight excluding hydrogens is 550 g/mol. The van der Waals surface area contributed by atoms with Crippen molar-refractivity contribution in [1.29, 1.82) is 0 Å². The third kappa shape index (κ3) is 8.73. The van der Waals surface area contributed by atoms with Crippen molar-refractivity contribution in [2.45, 2.75) is 63.3 Å². The normalized spacial score (nSPS) is 21.7. The van der Waals surface area contributed by atoms with E-state index in [1.165, 1.54) is 34.1 Å². The predicted octanol–water partition coefficient (Wildman–Crippen LogP) is 1.03. The molecule has 13 heteroatoms. The number of nitrogens with one attached hydrogen (secondary N) is 1. The molecule has 1 fully saturated rings. The fourth-order valence-electron chi connectivity index (χ4n) is 4.24. The summed E-state index contributed by atoms with van der Waals surface area (Å²) in [6.45, 7) is 2.09. The summed E-state index contributed by atoms with van der Waals surface area (Å²) in [6.07, 6.45) is -6.91. The standard InChI is InChI=1S/C29H37N3O10/c1-3-4-10-22(34)32(17-31(2)27(38)18-8-6-5-7-9-18)16-15-21(33)30-19-11-13-20(14-12-19)41-29-25(37)23(35)24(36)26(42-29)28(39)40/h5-9,11-14,23-26,29,35-37H,3-4,10,15-17H2,1-2H3,(H,30,33)(H,39,40). The summed E-state index contributed by atoms with van der Waals surface area (Å²) < 4.78 is 10.6. The second-order valence-corrected chi connectivity index (χ2v) is 9.95. The van der Waals surface area contributed by atoms with Crippen LogP contribution in [0.5, 0.6) is 5.75 Å². The molecule has 1 aliphatic rings. The molecule has 5 unspecified atom stereocenters. The molecule has 42 heavy (non-hydrogen) atoms. The number of hydrogen-bond acceptors (Lipinski definition) is 9. The van der Waals surface area contributed by atoms with E-state index in [1.807, 2.05) is 6.92 Å². The molecule has 5 N–H and O–H groups in total. The molecule has 0 bridgehead atoms. The lowest BCUT2D eigenvalue weighted by Crippen LogP contribution is -2.61. The van der Waals surface area contributed by atoms with Crippen molar-refractivity contribution in [1.82, 2.24) is 9.80 Å². The van der Waals surface area contributed by atoms with Gasteiger partial charge in [0.05, 0.1) is 6.67 Å². The van der Waals surface area contributed by atoms with Crippen LogP contribution in [0.3, 0.4) is 0 Å². The summed E-state index contributed by atoms with van der Waals surface area (Å²) in [4.78, 5) is 52.5. The fraction of sp³-hybridized carbons (Fsp3) is 0.448. The van der Waals surface area contributed by atoms with Crippen molar-refractivity contribution in [3.63, 3.8) is 0 Å². The monoisotopic (exact) mass is 587 g/mol. The minimum Gasteiger partial charge on any atom is -0.479 e. The molecule has 5 atom stereocenters. The zero-order valence-electron chi connectivity index (χ0n) is 23.5. The Kier molecular flexibility index (Phi) is 11.8. The average Bonchev–Trinajstić information content (AvgIpc) is 2.98. The van der Waals surface area contributed by atoms with Crippen molar-refractivity contribution >= 4 is 29.4 Å². The summed E-state index contributed by atoms with van der Waals surface area (Å²) in [6, 6.07) is 14.6. The molecular formula is C29H37N3O10. The summed E-state index contributed by atoms with van der Waals surface area (Å²) in [7, 11) is 1.60. The molecule has 3 amide bonds. The van der Waals surface area contributed by atoms with Crippen LogP contribution in [0.25, 0.3) is 0 Å². The lowest BCUT2D eigenvalue weighted by atomic mass is 9.99. The zero-order valence-corrected chi connectivity index (χ0v) is 23.5. The number of hydrogen-bond donors (Lipinski definition) is 5. The highest BCUT2D eigenvalue weighted by atomic mass is 16.7. The number of nitrogens with zero attached hydrogens (tertiary/aromatic N) is 2. The van der Waals surface area contributed by atoms with E-state index in [4.69, 9.17) is 14.6 Å². The maximum absolute atomic E-state index is 12.8. The molecule has 1 saturated heterocycles. The Labute approximate surface area is 243 Å². The van der Waals surface area contributed by atoms with E-state index in [1.54, 1.807) is 37.4 Å². The first-order valence-corrected chi connectivity index (χ1v) is 13.6. The van der Waals surface area contributed by atoms with Gasteiger partial charge in [0.2, 0.25) is 18.1 Å². The number of benzene rings is 2. The van der Waals surface area contributed by atoms with Gasteiger partial charge < -0.3 is 45.0 Å². The van der Waals surface area contributed by atoms with Crippen LogP contribution in [-0.2, 0) is 19.1 Å². The van der Waals surface area contributed by atoms with Gasteiger partial charge in [-0.05, 0) is 42.8 Å². The molecule has 2 aromatic carbocycles.